The highest BCUT2D eigenvalue weighted by Crippen LogP contribution is 2.32. The molecule has 24 heavy (non-hydrogen) atoms. The van der Waals surface area contributed by atoms with Crippen molar-refractivity contribution in [2.45, 2.75) is 6.92 Å². The fourth-order valence-electron chi connectivity index (χ4n) is 2.58. The second-order valence-corrected chi connectivity index (χ2v) is 6.70. The molecule has 1 N–H and O–H groups in total. The molecule has 122 valence electrons. The first-order chi connectivity index (χ1) is 11.5. The highest BCUT2D eigenvalue weighted by atomic mass is 79.9. The van der Waals surface area contributed by atoms with Crippen LogP contribution in [0.5, 0.6) is 0 Å². The van der Waals surface area contributed by atoms with Crippen molar-refractivity contribution < 1.29 is 4.79 Å². The molecule has 3 aromatic rings. The topological polar surface area (TPSA) is 46.9 Å². The van der Waals surface area contributed by atoms with Crippen LogP contribution in [0.1, 0.15) is 16.1 Å². The number of anilines is 1. The summed E-state index contributed by atoms with van der Waals surface area (Å²) in [7, 11) is 1.80. The van der Waals surface area contributed by atoms with Crippen molar-refractivity contribution in [3.63, 3.8) is 0 Å². The summed E-state index contributed by atoms with van der Waals surface area (Å²) in [5.41, 5.74) is 3.15. The first kappa shape index (κ1) is 16.7. The Kier molecular flexibility index (Phi) is 4.73. The Bertz CT molecular complexity index is 903. The summed E-state index contributed by atoms with van der Waals surface area (Å²) in [6, 6.07) is 14.9. The van der Waals surface area contributed by atoms with E-state index >= 15 is 0 Å². The van der Waals surface area contributed by atoms with Gasteiger partial charge in [0.1, 0.15) is 5.82 Å². The maximum atomic E-state index is 12.6. The van der Waals surface area contributed by atoms with Crippen LogP contribution in [-0.4, -0.2) is 15.7 Å². The Hall–Kier alpha value is -2.11. The molecule has 0 radical (unpaired) electrons. The first-order valence-corrected chi connectivity index (χ1v) is 8.50. The van der Waals surface area contributed by atoms with Crippen LogP contribution in [0.3, 0.4) is 0 Å². The molecule has 6 heteroatoms. The molecule has 0 aliphatic heterocycles. The zero-order valence-electron chi connectivity index (χ0n) is 13.2. The molecule has 0 saturated carbocycles. The second kappa shape index (κ2) is 6.79. The average molecular weight is 405 g/mol. The Balaban J connectivity index is 2.01. The van der Waals surface area contributed by atoms with Crippen LogP contribution in [-0.2, 0) is 7.05 Å². The van der Waals surface area contributed by atoms with Gasteiger partial charge in [-0.2, -0.15) is 5.10 Å². The molecule has 0 spiro atoms. The molecule has 0 unspecified atom stereocenters. The maximum Gasteiger partial charge on any atom is 0.258 e. The third kappa shape index (κ3) is 3.23. The Labute approximate surface area is 153 Å². The van der Waals surface area contributed by atoms with E-state index in [0.717, 1.165) is 21.3 Å². The Morgan fingerprint density at radius 3 is 2.50 bits per heavy atom. The fourth-order valence-corrected chi connectivity index (χ4v) is 3.07. The van der Waals surface area contributed by atoms with Crippen molar-refractivity contribution in [2.24, 2.45) is 7.05 Å². The van der Waals surface area contributed by atoms with Crippen LogP contribution in [0.2, 0.25) is 5.02 Å². The second-order valence-electron chi connectivity index (χ2n) is 5.37. The molecule has 1 heterocycles. The minimum absolute atomic E-state index is 0.262. The van der Waals surface area contributed by atoms with Crippen molar-refractivity contribution in [3.8, 4) is 11.1 Å². The molecule has 0 bridgehead atoms. The SMILES string of the molecule is Cc1nn(C)c(NC(=O)c2ccccc2Cl)c1-c1ccc(Br)cc1. The van der Waals surface area contributed by atoms with E-state index in [1.165, 1.54) is 0 Å². The number of carbonyl (C=O) groups is 1. The van der Waals surface area contributed by atoms with Crippen molar-refractivity contribution in [1.29, 1.82) is 0 Å². The van der Waals surface area contributed by atoms with Gasteiger partial charge in [0, 0.05) is 17.1 Å². The summed E-state index contributed by atoms with van der Waals surface area (Å²) in [6.07, 6.45) is 0. The minimum Gasteiger partial charge on any atom is -0.306 e. The lowest BCUT2D eigenvalue weighted by molar-refractivity contribution is 0.102. The Morgan fingerprint density at radius 1 is 1.17 bits per heavy atom. The number of hydrogen-bond acceptors (Lipinski definition) is 2. The van der Waals surface area contributed by atoms with Gasteiger partial charge in [-0.25, -0.2) is 0 Å². The quantitative estimate of drug-likeness (QED) is 0.663. The molecule has 0 fully saturated rings. The van der Waals surface area contributed by atoms with Crippen LogP contribution in [0.4, 0.5) is 5.82 Å². The molecule has 0 saturated heterocycles. The number of aryl methyl sites for hydroxylation is 2. The van der Waals surface area contributed by atoms with E-state index in [-0.39, 0.29) is 5.91 Å². The normalized spacial score (nSPS) is 10.7. The van der Waals surface area contributed by atoms with Crippen molar-refractivity contribution in [2.75, 3.05) is 5.32 Å². The van der Waals surface area contributed by atoms with Gasteiger partial charge in [-0.15, -0.1) is 0 Å². The van der Waals surface area contributed by atoms with Gasteiger partial charge in [0.15, 0.2) is 0 Å². The van der Waals surface area contributed by atoms with E-state index in [0.29, 0.717) is 16.4 Å². The van der Waals surface area contributed by atoms with Crippen molar-refractivity contribution in [3.05, 3.63) is 69.3 Å². The van der Waals surface area contributed by atoms with Crippen LogP contribution in [0, 0.1) is 6.92 Å². The lowest BCUT2D eigenvalue weighted by Crippen LogP contribution is -2.15. The van der Waals surface area contributed by atoms with Gasteiger partial charge < -0.3 is 5.32 Å². The number of halogens is 2. The third-order valence-electron chi connectivity index (χ3n) is 3.71. The summed E-state index contributed by atoms with van der Waals surface area (Å²) in [5.74, 6) is 0.377. The molecule has 0 aliphatic rings. The number of aromatic nitrogens is 2. The number of amides is 1. The highest BCUT2D eigenvalue weighted by molar-refractivity contribution is 9.10. The summed E-state index contributed by atoms with van der Waals surface area (Å²) in [6.45, 7) is 1.92. The van der Waals surface area contributed by atoms with E-state index in [2.05, 4.69) is 26.3 Å². The van der Waals surface area contributed by atoms with Crippen LogP contribution in [0.15, 0.2) is 53.0 Å². The predicted octanol–water partition coefficient (Wildman–Crippen LogP) is 5.06. The molecule has 1 aromatic heterocycles. The molecular formula is C18H15BrClN3O. The predicted molar refractivity (Wildman–Crippen MR) is 100 cm³/mol. The molecule has 4 nitrogen and oxygen atoms in total. The highest BCUT2D eigenvalue weighted by Gasteiger charge is 2.19. The van der Waals surface area contributed by atoms with E-state index in [4.69, 9.17) is 11.6 Å². The molecule has 0 atom stereocenters. The van der Waals surface area contributed by atoms with Crippen LogP contribution >= 0.6 is 27.5 Å². The fraction of sp³-hybridized carbons (Fsp3) is 0.111. The zero-order chi connectivity index (χ0) is 17.3. The largest absolute Gasteiger partial charge is 0.306 e. The molecule has 0 aliphatic carbocycles. The molecular weight excluding hydrogens is 390 g/mol. The van der Waals surface area contributed by atoms with E-state index in [9.17, 15) is 4.79 Å². The van der Waals surface area contributed by atoms with Crippen molar-refractivity contribution in [1.82, 2.24) is 9.78 Å². The standard InChI is InChI=1S/C18H15BrClN3O/c1-11-16(12-7-9-13(19)10-8-12)17(23(2)22-11)21-18(24)14-5-3-4-6-15(14)20/h3-10H,1-2H3,(H,21,24). The van der Waals surface area contributed by atoms with Gasteiger partial charge >= 0.3 is 0 Å². The zero-order valence-corrected chi connectivity index (χ0v) is 15.5. The minimum atomic E-state index is -0.262. The van der Waals surface area contributed by atoms with Gasteiger partial charge in [-0.1, -0.05) is 51.8 Å². The number of hydrogen-bond donors (Lipinski definition) is 1. The van der Waals surface area contributed by atoms with E-state index < -0.39 is 0 Å². The molecule has 2 aromatic carbocycles. The summed E-state index contributed by atoms with van der Waals surface area (Å²) in [4.78, 5) is 12.6. The molecule has 3 rings (SSSR count). The van der Waals surface area contributed by atoms with Gasteiger partial charge in [-0.05, 0) is 36.8 Å². The maximum absolute atomic E-state index is 12.6. The van der Waals surface area contributed by atoms with Gasteiger partial charge in [0.25, 0.3) is 5.91 Å². The van der Waals surface area contributed by atoms with E-state index in [1.54, 1.807) is 36.0 Å². The smallest absolute Gasteiger partial charge is 0.258 e. The molecule has 1 amide bonds. The van der Waals surface area contributed by atoms with Crippen LogP contribution in [0.25, 0.3) is 11.1 Å². The van der Waals surface area contributed by atoms with Crippen LogP contribution < -0.4 is 5.32 Å². The Morgan fingerprint density at radius 2 is 1.83 bits per heavy atom. The van der Waals surface area contributed by atoms with Gasteiger partial charge in [-0.3, -0.25) is 9.48 Å². The number of carbonyl (C=O) groups excluding carboxylic acids is 1. The monoisotopic (exact) mass is 403 g/mol. The third-order valence-corrected chi connectivity index (χ3v) is 4.56. The average Bonchev–Trinajstić information content (AvgIpc) is 2.82. The van der Waals surface area contributed by atoms with Gasteiger partial charge in [0.2, 0.25) is 0 Å². The first-order valence-electron chi connectivity index (χ1n) is 7.33. The lowest BCUT2D eigenvalue weighted by atomic mass is 10.1. The number of nitrogens with one attached hydrogen (secondary N) is 1. The number of benzene rings is 2. The van der Waals surface area contributed by atoms with Crippen molar-refractivity contribution >= 4 is 39.3 Å². The lowest BCUT2D eigenvalue weighted by Gasteiger charge is -2.10. The summed E-state index contributed by atoms with van der Waals surface area (Å²) < 4.78 is 2.66. The summed E-state index contributed by atoms with van der Waals surface area (Å²) >= 11 is 9.55. The summed E-state index contributed by atoms with van der Waals surface area (Å²) in [5, 5.41) is 7.79. The number of rotatable bonds is 3. The van der Waals surface area contributed by atoms with Gasteiger partial charge in [0.05, 0.1) is 16.3 Å². The number of nitrogens with zero attached hydrogens (tertiary/aromatic N) is 2. The van der Waals surface area contributed by atoms with E-state index in [1.807, 2.05) is 31.2 Å².